The molecule has 1 aliphatic rings. The van der Waals surface area contributed by atoms with Gasteiger partial charge in [0.25, 0.3) is 5.91 Å². The summed E-state index contributed by atoms with van der Waals surface area (Å²) in [5.41, 5.74) is 3.24. The molecular weight excluding hydrogens is 484 g/mol. The molecule has 1 atom stereocenters. The predicted molar refractivity (Wildman–Crippen MR) is 149 cm³/mol. The van der Waals surface area contributed by atoms with Crippen LogP contribution in [0.15, 0.2) is 78.9 Å². The van der Waals surface area contributed by atoms with Gasteiger partial charge in [-0.3, -0.25) is 9.59 Å². The number of hydrogen-bond donors (Lipinski definition) is 2. The van der Waals surface area contributed by atoms with Gasteiger partial charge in [-0.05, 0) is 67.1 Å². The van der Waals surface area contributed by atoms with Crippen molar-refractivity contribution < 1.29 is 14.7 Å². The molecule has 5 nitrogen and oxygen atoms in total. The maximum atomic E-state index is 13.2. The lowest BCUT2D eigenvalue weighted by atomic mass is 9.76. The normalized spacial score (nSPS) is 16.2. The highest BCUT2D eigenvalue weighted by Crippen LogP contribution is 2.33. The lowest BCUT2D eigenvalue weighted by molar-refractivity contribution is -0.138. The molecule has 0 aromatic heterocycles. The minimum atomic E-state index is -0.763. The summed E-state index contributed by atoms with van der Waals surface area (Å²) < 4.78 is 0. The van der Waals surface area contributed by atoms with E-state index in [2.05, 4.69) is 17.1 Å². The summed E-state index contributed by atoms with van der Waals surface area (Å²) in [4.78, 5) is 27.1. The minimum absolute atomic E-state index is 0.0451. The third-order valence-corrected chi connectivity index (χ3v) is 7.72. The van der Waals surface area contributed by atoms with Crippen LogP contribution >= 0.6 is 11.6 Å². The van der Waals surface area contributed by atoms with Gasteiger partial charge in [0.2, 0.25) is 0 Å². The zero-order valence-electron chi connectivity index (χ0n) is 21.3. The molecule has 0 spiro atoms. The van der Waals surface area contributed by atoms with Gasteiger partial charge in [-0.25, -0.2) is 0 Å². The van der Waals surface area contributed by atoms with Crippen molar-refractivity contribution in [3.63, 3.8) is 0 Å². The average Bonchev–Trinajstić information content (AvgIpc) is 2.90. The molecule has 0 bridgehead atoms. The van der Waals surface area contributed by atoms with Crippen LogP contribution in [0.2, 0.25) is 5.02 Å². The van der Waals surface area contributed by atoms with Crippen LogP contribution in [0.5, 0.6) is 0 Å². The van der Waals surface area contributed by atoms with Gasteiger partial charge in [-0.15, -0.1) is 0 Å². The molecule has 3 aromatic carbocycles. The zero-order valence-corrected chi connectivity index (χ0v) is 22.1. The molecule has 3 aromatic rings. The standard InChI is InChI=1S/C31H35ClN2O3/c1-31(22-29(35)36,24-8-3-2-4-9-24)18-7-19-34-20-16-26(17-21-34)33-30(37)28-11-6-5-10-27(28)23-12-14-25(32)15-13-23/h2-6,8-15,26H,7,16-22H2,1H3,(H,33,37)(H,35,36). The molecule has 1 fully saturated rings. The molecule has 2 N–H and O–H groups in total. The Morgan fingerprint density at radius 3 is 2.30 bits per heavy atom. The number of nitrogens with one attached hydrogen (secondary N) is 1. The fraction of sp³-hybridized carbons (Fsp3) is 0.355. The van der Waals surface area contributed by atoms with E-state index in [0.29, 0.717) is 10.6 Å². The Labute approximate surface area is 224 Å². The number of halogens is 1. The molecule has 37 heavy (non-hydrogen) atoms. The first-order chi connectivity index (χ1) is 17.8. The first-order valence-corrected chi connectivity index (χ1v) is 13.4. The number of benzene rings is 3. The number of carboxylic acids is 1. The number of piperidine rings is 1. The Balaban J connectivity index is 1.28. The van der Waals surface area contributed by atoms with E-state index in [4.69, 9.17) is 11.6 Å². The van der Waals surface area contributed by atoms with E-state index >= 15 is 0 Å². The molecule has 1 aliphatic heterocycles. The van der Waals surface area contributed by atoms with Gasteiger partial charge in [0.05, 0.1) is 6.42 Å². The van der Waals surface area contributed by atoms with Crippen LogP contribution in [0.1, 0.15) is 54.9 Å². The molecule has 1 unspecified atom stereocenters. The lowest BCUT2D eigenvalue weighted by Crippen LogP contribution is -2.45. The largest absolute Gasteiger partial charge is 0.481 e. The van der Waals surface area contributed by atoms with Crippen molar-refractivity contribution in [3.8, 4) is 11.1 Å². The van der Waals surface area contributed by atoms with Crippen molar-refractivity contribution in [2.24, 2.45) is 0 Å². The second kappa shape index (κ2) is 12.4. The molecule has 6 heteroatoms. The summed E-state index contributed by atoms with van der Waals surface area (Å²) >= 11 is 6.04. The van der Waals surface area contributed by atoms with E-state index in [1.807, 2.05) is 78.9 Å². The van der Waals surface area contributed by atoms with Gasteiger partial charge in [-0.2, -0.15) is 0 Å². The van der Waals surface area contributed by atoms with Crippen LogP contribution in [0.25, 0.3) is 11.1 Å². The van der Waals surface area contributed by atoms with Gasteiger partial charge < -0.3 is 15.3 Å². The first kappa shape index (κ1) is 26.9. The Morgan fingerprint density at radius 2 is 1.62 bits per heavy atom. The van der Waals surface area contributed by atoms with Crippen molar-refractivity contribution in [2.45, 2.75) is 50.5 Å². The molecule has 1 saturated heterocycles. The van der Waals surface area contributed by atoms with Gasteiger partial charge in [0.15, 0.2) is 0 Å². The molecular formula is C31H35ClN2O3. The molecule has 0 aliphatic carbocycles. The topological polar surface area (TPSA) is 69.6 Å². The van der Waals surface area contributed by atoms with Crippen molar-refractivity contribution in [1.82, 2.24) is 10.2 Å². The number of carbonyl (C=O) groups excluding carboxylic acids is 1. The monoisotopic (exact) mass is 518 g/mol. The highest BCUT2D eigenvalue weighted by atomic mass is 35.5. The number of carboxylic acid groups (broad SMARTS) is 1. The van der Waals surface area contributed by atoms with Crippen LogP contribution in [0.4, 0.5) is 0 Å². The predicted octanol–water partition coefficient (Wildman–Crippen LogP) is 6.41. The molecule has 1 heterocycles. The second-order valence-corrected chi connectivity index (χ2v) is 10.7. The molecule has 4 rings (SSSR count). The number of aliphatic carboxylic acids is 1. The van der Waals surface area contributed by atoms with E-state index in [0.717, 1.165) is 62.0 Å². The van der Waals surface area contributed by atoms with E-state index in [-0.39, 0.29) is 23.8 Å². The van der Waals surface area contributed by atoms with Crippen molar-refractivity contribution in [3.05, 3.63) is 95.0 Å². The maximum Gasteiger partial charge on any atom is 0.304 e. The number of likely N-dealkylation sites (tertiary alicyclic amines) is 1. The van der Waals surface area contributed by atoms with E-state index < -0.39 is 5.97 Å². The minimum Gasteiger partial charge on any atom is -0.481 e. The summed E-state index contributed by atoms with van der Waals surface area (Å²) in [6.45, 7) is 4.83. The Bertz CT molecular complexity index is 1190. The van der Waals surface area contributed by atoms with Crippen molar-refractivity contribution >= 4 is 23.5 Å². The van der Waals surface area contributed by atoms with Crippen LogP contribution in [-0.2, 0) is 10.2 Å². The quantitative estimate of drug-likeness (QED) is 0.325. The van der Waals surface area contributed by atoms with E-state index in [1.54, 1.807) is 0 Å². The maximum absolute atomic E-state index is 13.2. The summed E-state index contributed by atoms with van der Waals surface area (Å²) in [5, 5.41) is 13.4. The third-order valence-electron chi connectivity index (χ3n) is 7.46. The first-order valence-electron chi connectivity index (χ1n) is 13.0. The Hall–Kier alpha value is -3.15. The number of nitrogens with zero attached hydrogens (tertiary/aromatic N) is 1. The Kier molecular flexibility index (Phi) is 9.01. The van der Waals surface area contributed by atoms with Gasteiger partial charge in [-0.1, -0.05) is 79.2 Å². The van der Waals surface area contributed by atoms with Gasteiger partial charge >= 0.3 is 5.97 Å². The third kappa shape index (κ3) is 7.21. The Morgan fingerprint density at radius 1 is 0.973 bits per heavy atom. The second-order valence-electron chi connectivity index (χ2n) is 10.2. The molecule has 194 valence electrons. The van der Waals surface area contributed by atoms with E-state index in [1.165, 1.54) is 0 Å². The molecule has 0 radical (unpaired) electrons. The average molecular weight is 519 g/mol. The summed E-state index contributed by atoms with van der Waals surface area (Å²) in [6.07, 6.45) is 3.69. The highest BCUT2D eigenvalue weighted by molar-refractivity contribution is 6.30. The number of hydrogen-bond acceptors (Lipinski definition) is 3. The number of carbonyl (C=O) groups is 2. The van der Waals surface area contributed by atoms with Crippen LogP contribution in [0.3, 0.4) is 0 Å². The summed E-state index contributed by atoms with van der Waals surface area (Å²) in [6, 6.07) is 25.3. The number of rotatable bonds is 10. The smallest absolute Gasteiger partial charge is 0.304 e. The fourth-order valence-corrected chi connectivity index (χ4v) is 5.45. The zero-order chi connectivity index (χ0) is 26.3. The molecule has 1 amide bonds. The summed E-state index contributed by atoms with van der Waals surface area (Å²) in [5.74, 6) is -0.808. The van der Waals surface area contributed by atoms with Crippen molar-refractivity contribution in [2.75, 3.05) is 19.6 Å². The summed E-state index contributed by atoms with van der Waals surface area (Å²) in [7, 11) is 0. The molecule has 0 saturated carbocycles. The fourth-order valence-electron chi connectivity index (χ4n) is 5.33. The van der Waals surface area contributed by atoms with Gasteiger partial charge in [0.1, 0.15) is 0 Å². The van der Waals surface area contributed by atoms with Gasteiger partial charge in [0, 0.05) is 35.1 Å². The van der Waals surface area contributed by atoms with Crippen LogP contribution in [-0.4, -0.2) is 47.6 Å². The van der Waals surface area contributed by atoms with Crippen molar-refractivity contribution in [1.29, 1.82) is 0 Å². The lowest BCUT2D eigenvalue weighted by Gasteiger charge is -2.34. The van der Waals surface area contributed by atoms with Crippen LogP contribution in [0, 0.1) is 0 Å². The SMILES string of the molecule is CC(CCCN1CCC(NC(=O)c2ccccc2-c2ccc(Cl)cc2)CC1)(CC(=O)O)c1ccccc1. The highest BCUT2D eigenvalue weighted by Gasteiger charge is 2.30. The van der Waals surface area contributed by atoms with E-state index in [9.17, 15) is 14.7 Å². The number of amides is 1. The van der Waals surface area contributed by atoms with Crippen LogP contribution < -0.4 is 5.32 Å².